The van der Waals surface area contributed by atoms with E-state index in [4.69, 9.17) is 4.74 Å². The van der Waals surface area contributed by atoms with Crippen LogP contribution in [0.5, 0.6) is 0 Å². The Morgan fingerprint density at radius 3 is 2.55 bits per heavy atom. The Bertz CT molecular complexity index is 838. The number of hydrogen-bond acceptors (Lipinski definition) is 5. The van der Waals surface area contributed by atoms with E-state index in [1.165, 1.54) is 0 Å². The number of hydrogen-bond donors (Lipinski definition) is 2. The van der Waals surface area contributed by atoms with Crippen molar-refractivity contribution in [1.29, 1.82) is 0 Å². The Kier molecular flexibility index (Phi) is 9.03. The second-order valence-electron chi connectivity index (χ2n) is 9.96. The van der Waals surface area contributed by atoms with E-state index in [2.05, 4.69) is 10.6 Å². The largest absolute Gasteiger partial charge is 0.445 e. The van der Waals surface area contributed by atoms with Crippen molar-refractivity contribution >= 4 is 23.6 Å². The van der Waals surface area contributed by atoms with Crippen LogP contribution >= 0.6 is 0 Å². The number of fused-ring (bicyclic) bond motifs is 2. The van der Waals surface area contributed by atoms with Crippen molar-refractivity contribution in [2.24, 2.45) is 23.7 Å². The first kappa shape index (κ1) is 24.9. The van der Waals surface area contributed by atoms with Crippen LogP contribution in [0, 0.1) is 23.7 Å². The number of benzene rings is 1. The maximum atomic E-state index is 13.2. The van der Waals surface area contributed by atoms with E-state index >= 15 is 0 Å². The van der Waals surface area contributed by atoms with Gasteiger partial charge in [0.2, 0.25) is 5.78 Å². The van der Waals surface area contributed by atoms with Crippen LogP contribution in [0.25, 0.3) is 0 Å². The number of nitrogens with one attached hydrogen (secondary N) is 2. The zero-order valence-corrected chi connectivity index (χ0v) is 19.7. The summed E-state index contributed by atoms with van der Waals surface area (Å²) in [6, 6.07) is 8.56. The zero-order chi connectivity index (χ0) is 23.8. The van der Waals surface area contributed by atoms with Gasteiger partial charge in [-0.2, -0.15) is 0 Å². The van der Waals surface area contributed by atoms with Crippen molar-refractivity contribution in [3.8, 4) is 0 Å². The first-order valence-electron chi connectivity index (χ1n) is 12.1. The molecule has 33 heavy (non-hydrogen) atoms. The minimum atomic E-state index is -0.754. The van der Waals surface area contributed by atoms with Gasteiger partial charge in [0, 0.05) is 18.9 Å². The highest BCUT2D eigenvalue weighted by molar-refractivity contribution is 6.37. The molecule has 1 aliphatic heterocycles. The van der Waals surface area contributed by atoms with Gasteiger partial charge in [-0.1, -0.05) is 57.0 Å². The molecule has 2 amide bonds. The number of carbonyl (C=O) groups excluding carboxylic acids is 4. The molecule has 2 aliphatic rings. The molecule has 1 saturated carbocycles. The van der Waals surface area contributed by atoms with E-state index in [1.54, 1.807) is 0 Å². The van der Waals surface area contributed by atoms with Crippen LogP contribution in [0.15, 0.2) is 30.3 Å². The molecule has 1 aromatic carbocycles. The van der Waals surface area contributed by atoms with E-state index in [9.17, 15) is 19.2 Å². The summed E-state index contributed by atoms with van der Waals surface area (Å²) in [5.41, 5.74) is 0.854. The molecule has 0 aromatic heterocycles. The van der Waals surface area contributed by atoms with Gasteiger partial charge < -0.3 is 15.4 Å². The number of carbonyl (C=O) groups is 4. The maximum absolute atomic E-state index is 13.2. The van der Waals surface area contributed by atoms with Gasteiger partial charge >= 0.3 is 6.09 Å². The predicted molar refractivity (Wildman–Crippen MR) is 124 cm³/mol. The molecule has 2 fully saturated rings. The van der Waals surface area contributed by atoms with Crippen molar-refractivity contribution < 1.29 is 23.9 Å². The number of ether oxygens (including phenoxy) is 1. The topological polar surface area (TPSA) is 102 Å². The maximum Gasteiger partial charge on any atom is 0.408 e. The van der Waals surface area contributed by atoms with Crippen molar-refractivity contribution in [1.82, 2.24) is 10.6 Å². The van der Waals surface area contributed by atoms with Crippen LogP contribution in [0.1, 0.15) is 64.4 Å². The smallest absolute Gasteiger partial charge is 0.408 e. The number of Topliss-reactive ketones (excluding diaryl/α,β-unsaturated/α-hetero) is 2. The molecule has 2 N–H and O–H groups in total. The van der Waals surface area contributed by atoms with Gasteiger partial charge in [-0.05, 0) is 49.0 Å². The fraction of sp³-hybridized carbons (Fsp3) is 0.615. The normalized spacial score (nSPS) is 24.2. The van der Waals surface area contributed by atoms with Crippen molar-refractivity contribution in [2.45, 2.75) is 71.4 Å². The molecular formula is C26H36N2O5. The monoisotopic (exact) mass is 456 g/mol. The standard InChI is InChI=1S/C26H36N2O5/c1-17(2)11-22(28-26(32)33-16-18-7-4-3-5-8-18)23(29)14-21-13-19-9-6-10-20(12-19)15-27-25(31)24(21)30/h3-5,7-8,17,19-22H,6,9-16H2,1-2H3,(H,27,31)(H,28,32). The van der Waals surface area contributed by atoms with Gasteiger partial charge in [0.1, 0.15) is 6.61 Å². The van der Waals surface area contributed by atoms with Gasteiger partial charge in [0.25, 0.3) is 5.91 Å². The number of amides is 2. The molecule has 4 atom stereocenters. The van der Waals surface area contributed by atoms with E-state index in [0.717, 1.165) is 31.2 Å². The van der Waals surface area contributed by atoms with Gasteiger partial charge in [-0.15, -0.1) is 0 Å². The van der Waals surface area contributed by atoms with Crippen LogP contribution in [0.3, 0.4) is 0 Å². The molecule has 1 saturated heterocycles. The summed E-state index contributed by atoms with van der Waals surface area (Å²) in [4.78, 5) is 50.8. The Morgan fingerprint density at radius 1 is 1.09 bits per heavy atom. The predicted octanol–water partition coefficient (Wildman–Crippen LogP) is 3.80. The summed E-state index contributed by atoms with van der Waals surface area (Å²) in [5.74, 6) is -1.04. The molecule has 180 valence electrons. The zero-order valence-electron chi connectivity index (χ0n) is 19.7. The highest BCUT2D eigenvalue weighted by Crippen LogP contribution is 2.35. The molecule has 7 nitrogen and oxygen atoms in total. The lowest BCUT2D eigenvalue weighted by Crippen LogP contribution is -2.44. The van der Waals surface area contributed by atoms with Crippen LogP contribution in [0.4, 0.5) is 4.79 Å². The van der Waals surface area contributed by atoms with Crippen molar-refractivity contribution in [3.05, 3.63) is 35.9 Å². The summed E-state index contributed by atoms with van der Waals surface area (Å²) in [6.07, 6.45) is 4.47. The van der Waals surface area contributed by atoms with Crippen LogP contribution < -0.4 is 10.6 Å². The first-order valence-corrected chi connectivity index (χ1v) is 12.1. The lowest BCUT2D eigenvalue weighted by molar-refractivity contribution is -0.141. The van der Waals surface area contributed by atoms with Gasteiger partial charge in [0.15, 0.2) is 5.78 Å². The van der Waals surface area contributed by atoms with Crippen LogP contribution in [0.2, 0.25) is 0 Å². The molecule has 1 aliphatic carbocycles. The number of rotatable bonds is 8. The quantitative estimate of drug-likeness (QED) is 0.580. The molecule has 3 rings (SSSR count). The fourth-order valence-electron chi connectivity index (χ4n) is 5.03. The summed E-state index contributed by atoms with van der Waals surface area (Å²) < 4.78 is 5.29. The third-order valence-corrected chi connectivity index (χ3v) is 6.70. The van der Waals surface area contributed by atoms with Crippen LogP contribution in [-0.4, -0.2) is 36.2 Å². The summed E-state index contributed by atoms with van der Waals surface area (Å²) >= 11 is 0. The summed E-state index contributed by atoms with van der Waals surface area (Å²) in [7, 11) is 0. The Labute approximate surface area is 196 Å². The third kappa shape index (κ3) is 7.69. The molecule has 4 unspecified atom stereocenters. The molecule has 0 radical (unpaired) electrons. The van der Waals surface area contributed by atoms with Gasteiger partial charge in [-0.25, -0.2) is 4.79 Å². The van der Waals surface area contributed by atoms with Gasteiger partial charge in [0.05, 0.1) is 6.04 Å². The van der Waals surface area contributed by atoms with Crippen LogP contribution in [-0.2, 0) is 25.7 Å². The Balaban J connectivity index is 1.63. The molecule has 2 bridgehead atoms. The SMILES string of the molecule is CC(C)CC(NC(=O)OCc1ccccc1)C(=O)CC1CC2CCCC(CNC(=O)C1=O)C2. The molecule has 1 heterocycles. The van der Waals surface area contributed by atoms with Crippen molar-refractivity contribution in [2.75, 3.05) is 6.54 Å². The first-order chi connectivity index (χ1) is 15.8. The minimum Gasteiger partial charge on any atom is -0.445 e. The highest BCUT2D eigenvalue weighted by atomic mass is 16.5. The Hall–Kier alpha value is -2.70. The number of alkyl carbamates (subject to hydrolysis) is 1. The average Bonchev–Trinajstić information content (AvgIpc) is 2.83. The lowest BCUT2D eigenvalue weighted by Gasteiger charge is -2.29. The second kappa shape index (κ2) is 12.0. The van der Waals surface area contributed by atoms with Gasteiger partial charge in [-0.3, -0.25) is 14.4 Å². The van der Waals surface area contributed by atoms with E-state index in [0.29, 0.717) is 31.2 Å². The minimum absolute atomic E-state index is 0.0379. The molecule has 0 spiro atoms. The van der Waals surface area contributed by atoms with E-state index < -0.39 is 29.7 Å². The van der Waals surface area contributed by atoms with Crippen molar-refractivity contribution in [3.63, 3.8) is 0 Å². The number of ketones is 2. The van der Waals surface area contributed by atoms with E-state index in [-0.39, 0.29) is 24.7 Å². The third-order valence-electron chi connectivity index (χ3n) is 6.70. The van der Waals surface area contributed by atoms with E-state index in [1.807, 2.05) is 44.2 Å². The molecular weight excluding hydrogens is 420 g/mol. The molecule has 7 heteroatoms. The average molecular weight is 457 g/mol. The molecule has 1 aromatic rings. The Morgan fingerprint density at radius 2 is 1.82 bits per heavy atom. The summed E-state index contributed by atoms with van der Waals surface area (Å²) in [5, 5.41) is 5.46. The fourth-order valence-corrected chi connectivity index (χ4v) is 5.03. The lowest BCUT2D eigenvalue weighted by atomic mass is 9.76. The highest BCUT2D eigenvalue weighted by Gasteiger charge is 2.36. The second-order valence-corrected chi connectivity index (χ2v) is 9.96. The summed E-state index contributed by atoms with van der Waals surface area (Å²) in [6.45, 7) is 4.59.